The first-order chi connectivity index (χ1) is 10.3. The van der Waals surface area contributed by atoms with Crippen molar-refractivity contribution in [1.82, 2.24) is 9.97 Å². The minimum atomic E-state index is 0.475. The Morgan fingerprint density at radius 2 is 1.62 bits per heavy atom. The summed E-state index contributed by atoms with van der Waals surface area (Å²) in [6, 6.07) is 20.5. The SMILES string of the molecule is Nc1nc2cc(-c3ccccc3)ccc2c2cccnc12. The number of aromatic nitrogens is 2. The Hall–Kier alpha value is -2.94. The fourth-order valence-electron chi connectivity index (χ4n) is 2.67. The molecule has 0 aliphatic rings. The van der Waals surface area contributed by atoms with Gasteiger partial charge >= 0.3 is 0 Å². The highest BCUT2D eigenvalue weighted by Gasteiger charge is 2.08. The summed E-state index contributed by atoms with van der Waals surface area (Å²) in [5, 5.41) is 2.12. The number of benzene rings is 2. The van der Waals surface area contributed by atoms with Crippen LogP contribution >= 0.6 is 0 Å². The predicted molar refractivity (Wildman–Crippen MR) is 86.9 cm³/mol. The number of nitrogens with two attached hydrogens (primary N) is 1. The molecule has 2 heterocycles. The maximum atomic E-state index is 6.04. The average molecular weight is 271 g/mol. The van der Waals surface area contributed by atoms with Gasteiger partial charge in [0.15, 0.2) is 5.82 Å². The van der Waals surface area contributed by atoms with Gasteiger partial charge in [0, 0.05) is 17.0 Å². The molecule has 2 aromatic carbocycles. The van der Waals surface area contributed by atoms with E-state index >= 15 is 0 Å². The molecule has 0 amide bonds. The van der Waals surface area contributed by atoms with Crippen LogP contribution in [-0.4, -0.2) is 9.97 Å². The van der Waals surface area contributed by atoms with E-state index in [9.17, 15) is 0 Å². The van der Waals surface area contributed by atoms with E-state index in [-0.39, 0.29) is 0 Å². The maximum Gasteiger partial charge on any atom is 0.150 e. The maximum absolute atomic E-state index is 6.04. The molecule has 4 aromatic rings. The van der Waals surface area contributed by atoms with Crippen molar-refractivity contribution < 1.29 is 0 Å². The number of rotatable bonds is 1. The molecule has 100 valence electrons. The highest BCUT2D eigenvalue weighted by atomic mass is 14.9. The molecule has 21 heavy (non-hydrogen) atoms. The van der Waals surface area contributed by atoms with Gasteiger partial charge in [-0.1, -0.05) is 48.5 Å². The van der Waals surface area contributed by atoms with Gasteiger partial charge in [-0.25, -0.2) is 4.98 Å². The second kappa shape index (κ2) is 4.56. The van der Waals surface area contributed by atoms with Crippen molar-refractivity contribution in [3.8, 4) is 11.1 Å². The molecular formula is C18H13N3. The third kappa shape index (κ3) is 1.91. The van der Waals surface area contributed by atoms with Crippen LogP contribution in [0.1, 0.15) is 0 Å². The van der Waals surface area contributed by atoms with Gasteiger partial charge in [0.1, 0.15) is 5.52 Å². The van der Waals surface area contributed by atoms with Crippen LogP contribution < -0.4 is 5.73 Å². The Labute approximate surface area is 122 Å². The number of nitrogen functional groups attached to an aromatic ring is 1. The largest absolute Gasteiger partial charge is 0.382 e. The summed E-state index contributed by atoms with van der Waals surface area (Å²) in [5.41, 5.74) is 10.0. The third-order valence-corrected chi connectivity index (χ3v) is 3.69. The molecule has 0 fully saturated rings. The van der Waals surface area contributed by atoms with Crippen molar-refractivity contribution in [2.45, 2.75) is 0 Å². The van der Waals surface area contributed by atoms with Crippen LogP contribution in [0.25, 0.3) is 32.9 Å². The summed E-state index contributed by atoms with van der Waals surface area (Å²) in [5.74, 6) is 0.475. The van der Waals surface area contributed by atoms with Crippen LogP contribution in [0.2, 0.25) is 0 Å². The monoisotopic (exact) mass is 271 g/mol. The van der Waals surface area contributed by atoms with Gasteiger partial charge < -0.3 is 5.73 Å². The molecule has 2 aromatic heterocycles. The molecule has 0 atom stereocenters. The predicted octanol–water partition coefficient (Wildman–Crippen LogP) is 4.03. The van der Waals surface area contributed by atoms with Crippen molar-refractivity contribution >= 4 is 27.6 Å². The number of fused-ring (bicyclic) bond motifs is 3. The molecule has 0 aliphatic carbocycles. The molecule has 2 N–H and O–H groups in total. The van der Waals surface area contributed by atoms with Crippen LogP contribution in [0.15, 0.2) is 66.9 Å². The Bertz CT molecular complexity index is 946. The summed E-state index contributed by atoms with van der Waals surface area (Å²) in [7, 11) is 0. The van der Waals surface area contributed by atoms with E-state index in [4.69, 9.17) is 5.73 Å². The molecule has 0 spiro atoms. The summed E-state index contributed by atoms with van der Waals surface area (Å²) in [6.45, 7) is 0. The second-order valence-corrected chi connectivity index (χ2v) is 4.99. The average Bonchev–Trinajstić information content (AvgIpc) is 2.55. The number of anilines is 1. The lowest BCUT2D eigenvalue weighted by Gasteiger charge is -2.07. The molecule has 0 saturated heterocycles. The molecule has 0 radical (unpaired) electrons. The van der Waals surface area contributed by atoms with Crippen LogP contribution in [0, 0.1) is 0 Å². The van der Waals surface area contributed by atoms with Gasteiger partial charge in [0.25, 0.3) is 0 Å². The van der Waals surface area contributed by atoms with Crippen molar-refractivity contribution in [1.29, 1.82) is 0 Å². The van der Waals surface area contributed by atoms with Gasteiger partial charge in [-0.2, -0.15) is 0 Å². The van der Waals surface area contributed by atoms with Crippen LogP contribution in [-0.2, 0) is 0 Å². The normalized spacial score (nSPS) is 11.0. The smallest absolute Gasteiger partial charge is 0.150 e. The molecule has 0 saturated carbocycles. The van der Waals surface area contributed by atoms with E-state index in [2.05, 4.69) is 40.3 Å². The van der Waals surface area contributed by atoms with E-state index < -0.39 is 0 Å². The Balaban J connectivity index is 2.03. The molecule has 3 heteroatoms. The van der Waals surface area contributed by atoms with Gasteiger partial charge in [-0.3, -0.25) is 4.98 Å². The molecular weight excluding hydrogens is 258 g/mol. The van der Waals surface area contributed by atoms with E-state index in [0.29, 0.717) is 5.82 Å². The Kier molecular flexibility index (Phi) is 2.57. The van der Waals surface area contributed by atoms with Gasteiger partial charge in [0.05, 0.1) is 5.52 Å². The summed E-state index contributed by atoms with van der Waals surface area (Å²) >= 11 is 0. The van der Waals surface area contributed by atoms with E-state index in [1.165, 1.54) is 5.56 Å². The first kappa shape index (κ1) is 11.9. The van der Waals surface area contributed by atoms with Crippen molar-refractivity contribution in [3.63, 3.8) is 0 Å². The number of hydrogen-bond donors (Lipinski definition) is 1. The minimum absolute atomic E-state index is 0.475. The van der Waals surface area contributed by atoms with Gasteiger partial charge in [-0.15, -0.1) is 0 Å². The molecule has 0 aliphatic heterocycles. The zero-order valence-electron chi connectivity index (χ0n) is 11.3. The van der Waals surface area contributed by atoms with Crippen LogP contribution in [0.4, 0.5) is 5.82 Å². The first-order valence-electron chi connectivity index (χ1n) is 6.82. The fourth-order valence-corrected chi connectivity index (χ4v) is 2.67. The summed E-state index contributed by atoms with van der Waals surface area (Å²) in [4.78, 5) is 8.83. The molecule has 4 rings (SSSR count). The molecule has 3 nitrogen and oxygen atoms in total. The Morgan fingerprint density at radius 3 is 2.48 bits per heavy atom. The lowest BCUT2D eigenvalue weighted by molar-refractivity contribution is 1.36. The van der Waals surface area contributed by atoms with Crippen LogP contribution in [0.3, 0.4) is 0 Å². The zero-order chi connectivity index (χ0) is 14.2. The lowest BCUT2D eigenvalue weighted by Crippen LogP contribution is -1.95. The number of nitrogens with zero attached hydrogens (tertiary/aromatic N) is 2. The zero-order valence-corrected chi connectivity index (χ0v) is 11.3. The van der Waals surface area contributed by atoms with E-state index in [1.54, 1.807) is 6.20 Å². The first-order valence-corrected chi connectivity index (χ1v) is 6.82. The highest BCUT2D eigenvalue weighted by Crippen LogP contribution is 2.29. The Morgan fingerprint density at radius 1 is 0.762 bits per heavy atom. The highest BCUT2D eigenvalue weighted by molar-refractivity contribution is 6.08. The van der Waals surface area contributed by atoms with E-state index in [1.807, 2.05) is 30.3 Å². The topological polar surface area (TPSA) is 51.8 Å². The second-order valence-electron chi connectivity index (χ2n) is 4.99. The quantitative estimate of drug-likeness (QED) is 0.532. The van der Waals surface area contributed by atoms with Gasteiger partial charge in [0.2, 0.25) is 0 Å². The molecule has 0 unspecified atom stereocenters. The summed E-state index contributed by atoms with van der Waals surface area (Å²) in [6.07, 6.45) is 1.74. The third-order valence-electron chi connectivity index (χ3n) is 3.69. The van der Waals surface area contributed by atoms with Crippen molar-refractivity contribution in [2.24, 2.45) is 0 Å². The lowest BCUT2D eigenvalue weighted by atomic mass is 10.0. The minimum Gasteiger partial charge on any atom is -0.382 e. The standard InChI is InChI=1S/C18H13N3/c19-18-17-15(7-4-10-20-17)14-9-8-13(11-16(14)21-18)12-5-2-1-3-6-12/h1-11H,(H2,19,21). The van der Waals surface area contributed by atoms with Gasteiger partial charge in [-0.05, 0) is 23.3 Å². The number of hydrogen-bond acceptors (Lipinski definition) is 3. The van der Waals surface area contributed by atoms with E-state index in [0.717, 1.165) is 27.4 Å². The molecule has 0 bridgehead atoms. The van der Waals surface area contributed by atoms with Crippen molar-refractivity contribution in [2.75, 3.05) is 5.73 Å². The summed E-state index contributed by atoms with van der Waals surface area (Å²) < 4.78 is 0. The van der Waals surface area contributed by atoms with Crippen LogP contribution in [0.5, 0.6) is 0 Å². The fraction of sp³-hybridized carbons (Fsp3) is 0. The van der Waals surface area contributed by atoms with Crippen molar-refractivity contribution in [3.05, 3.63) is 66.9 Å². The number of pyridine rings is 2.